The first-order valence-corrected chi connectivity index (χ1v) is 15.3. The van der Waals surface area contributed by atoms with Crippen LogP contribution in [-0.4, -0.2) is 0 Å². The predicted molar refractivity (Wildman–Crippen MR) is 183 cm³/mol. The molecule has 9 heteroatoms. The summed E-state index contributed by atoms with van der Waals surface area (Å²) in [7, 11) is 0. The lowest BCUT2D eigenvalue weighted by Gasteiger charge is -2.18. The summed E-state index contributed by atoms with van der Waals surface area (Å²) >= 11 is 0. The monoisotopic (exact) mass is 597 g/mol. The van der Waals surface area contributed by atoms with Crippen LogP contribution in [0.1, 0.15) is 76.4 Å². The molecule has 0 amide bonds. The first-order valence-electron chi connectivity index (χ1n) is 15.3. The summed E-state index contributed by atoms with van der Waals surface area (Å²) in [5.41, 5.74) is 36.5. The second kappa shape index (κ2) is 15.0. The Morgan fingerprint density at radius 3 is 0.778 bits per heavy atom. The van der Waals surface area contributed by atoms with E-state index in [1.165, 1.54) is 0 Å². The average molecular weight is 598 g/mol. The van der Waals surface area contributed by atoms with Crippen molar-refractivity contribution < 1.29 is 0 Å². The molecule has 4 aromatic rings. The molecule has 0 aliphatic rings. The van der Waals surface area contributed by atoms with Crippen molar-refractivity contribution in [3.63, 3.8) is 0 Å². The Morgan fingerprint density at radius 1 is 0.378 bits per heavy atom. The number of nitrogens with zero attached hydrogens (tertiary/aromatic N) is 9. The maximum absolute atomic E-state index is 9.08. The predicted octanol–water partition coefficient (Wildman–Crippen LogP) is 12.7. The van der Waals surface area contributed by atoms with Crippen LogP contribution in [-0.2, 0) is 0 Å². The molecule has 0 saturated carbocycles. The van der Waals surface area contributed by atoms with Crippen LogP contribution in [0, 0.1) is 17.8 Å². The Kier molecular flexibility index (Phi) is 10.9. The van der Waals surface area contributed by atoms with E-state index in [4.69, 9.17) is 16.6 Å². The van der Waals surface area contributed by atoms with Gasteiger partial charge in [-0.3, -0.25) is 0 Å². The van der Waals surface area contributed by atoms with E-state index in [1.807, 2.05) is 77.9 Å². The van der Waals surface area contributed by atoms with Crippen LogP contribution in [0.25, 0.3) is 64.7 Å². The fourth-order valence-electron chi connectivity index (χ4n) is 5.67. The number of rotatable bonds is 12. The highest BCUT2D eigenvalue weighted by Gasteiger charge is 2.17. The fourth-order valence-corrected chi connectivity index (χ4v) is 5.67. The molecule has 0 aromatic heterocycles. The lowest BCUT2D eigenvalue weighted by molar-refractivity contribution is 0.512. The number of benzene rings is 4. The van der Waals surface area contributed by atoms with Gasteiger partial charge in [0.15, 0.2) is 0 Å². The van der Waals surface area contributed by atoms with Crippen LogP contribution in [0.2, 0.25) is 0 Å². The molecule has 0 N–H and O–H groups in total. The van der Waals surface area contributed by atoms with Gasteiger partial charge >= 0.3 is 0 Å². The molecule has 0 saturated heterocycles. The van der Waals surface area contributed by atoms with E-state index in [-0.39, 0.29) is 35.9 Å². The quantitative estimate of drug-likeness (QED) is 0.0868. The number of azide groups is 3. The minimum absolute atomic E-state index is 0.177. The van der Waals surface area contributed by atoms with Gasteiger partial charge in [0.05, 0.1) is 18.1 Å². The van der Waals surface area contributed by atoms with Crippen molar-refractivity contribution in [1.29, 1.82) is 0 Å². The molecule has 0 aliphatic heterocycles. The molecule has 0 radical (unpaired) electrons. The summed E-state index contributed by atoms with van der Waals surface area (Å²) in [6.07, 6.45) is 0. The van der Waals surface area contributed by atoms with Gasteiger partial charge in [0.2, 0.25) is 0 Å². The van der Waals surface area contributed by atoms with Gasteiger partial charge in [-0.25, -0.2) is 0 Å². The molecule has 3 atom stereocenters. The van der Waals surface area contributed by atoms with Gasteiger partial charge in [0.1, 0.15) is 0 Å². The molecule has 0 bridgehead atoms. The highest BCUT2D eigenvalue weighted by atomic mass is 15.2. The lowest BCUT2D eigenvalue weighted by atomic mass is 9.90. The molecule has 9 nitrogen and oxygen atoms in total. The van der Waals surface area contributed by atoms with Crippen LogP contribution in [0.4, 0.5) is 0 Å². The van der Waals surface area contributed by atoms with Crippen LogP contribution < -0.4 is 0 Å². The van der Waals surface area contributed by atoms with E-state index < -0.39 is 0 Å². The van der Waals surface area contributed by atoms with Crippen molar-refractivity contribution in [2.24, 2.45) is 33.1 Å². The lowest BCUT2D eigenvalue weighted by Crippen LogP contribution is -2.03. The van der Waals surface area contributed by atoms with E-state index in [1.54, 1.807) is 0 Å². The van der Waals surface area contributed by atoms with E-state index >= 15 is 0 Å². The Balaban J connectivity index is 1.81. The first kappa shape index (κ1) is 32.7. The van der Waals surface area contributed by atoms with Crippen molar-refractivity contribution in [3.8, 4) is 33.4 Å². The van der Waals surface area contributed by atoms with Gasteiger partial charge in [0.25, 0.3) is 0 Å². The Morgan fingerprint density at radius 2 is 0.600 bits per heavy atom. The molecule has 0 aliphatic carbocycles. The summed E-state index contributed by atoms with van der Waals surface area (Å²) in [5.74, 6) is 0.530. The minimum atomic E-state index is -0.233. The number of hydrogen-bond donors (Lipinski definition) is 0. The zero-order valence-electron chi connectivity index (χ0n) is 26.6. The molecular weight excluding hydrogens is 558 g/mol. The van der Waals surface area contributed by atoms with Crippen LogP contribution in [0.15, 0.2) is 106 Å². The molecule has 228 valence electrons. The Hall–Kier alpha value is -5.19. The smallest absolute Gasteiger partial charge is 0.0648 e. The SMILES string of the molecule is CC(C)C(N=[N+]=[N-])c1ccc(-c2cc(-c3ccc(C(N=[N+]=[N-])C(C)C)cc3)cc(-c3ccc(C(N=[N+]=[N-])C(C)C)cc3)c2)cc1. The normalized spacial score (nSPS) is 13.0. The second-order valence-electron chi connectivity index (χ2n) is 12.3. The Labute approximate surface area is 264 Å². The standard InChI is InChI=1S/C36H39N9/c1-22(2)34(40-43-37)28-13-7-25(8-14-28)31-19-32(26-9-15-29(16-10-26)35(23(3)4)41-44-38)21-33(20-31)27-11-17-30(18-12-27)36(24(5)6)42-45-39/h7-24,34-36H,1-6H3. The van der Waals surface area contributed by atoms with Gasteiger partial charge in [-0.2, -0.15) is 0 Å². The highest BCUT2D eigenvalue weighted by molar-refractivity contribution is 5.81. The zero-order valence-corrected chi connectivity index (χ0v) is 26.6. The zero-order chi connectivity index (χ0) is 32.5. The summed E-state index contributed by atoms with van der Waals surface area (Å²) in [4.78, 5) is 9.17. The van der Waals surface area contributed by atoms with Gasteiger partial charge < -0.3 is 0 Å². The third kappa shape index (κ3) is 7.86. The molecule has 45 heavy (non-hydrogen) atoms. The Bertz CT molecular complexity index is 1520. The van der Waals surface area contributed by atoms with E-state index in [2.05, 4.69) is 84.7 Å². The van der Waals surface area contributed by atoms with Crippen molar-refractivity contribution >= 4 is 0 Å². The minimum Gasteiger partial charge on any atom is -0.0856 e. The molecule has 0 heterocycles. The number of hydrogen-bond acceptors (Lipinski definition) is 3. The maximum atomic E-state index is 9.08. The van der Waals surface area contributed by atoms with Gasteiger partial charge in [0, 0.05) is 14.7 Å². The summed E-state index contributed by atoms with van der Waals surface area (Å²) in [6.45, 7) is 12.3. The summed E-state index contributed by atoms with van der Waals surface area (Å²) < 4.78 is 0. The third-order valence-corrected chi connectivity index (χ3v) is 8.11. The second-order valence-corrected chi connectivity index (χ2v) is 12.3. The van der Waals surface area contributed by atoms with Gasteiger partial charge in [-0.1, -0.05) is 130 Å². The molecular formula is C36H39N9. The van der Waals surface area contributed by atoms with E-state index in [0.717, 1.165) is 50.1 Å². The van der Waals surface area contributed by atoms with Crippen molar-refractivity contribution in [2.75, 3.05) is 0 Å². The molecule has 4 aromatic carbocycles. The largest absolute Gasteiger partial charge is 0.0856 e. The first-order chi connectivity index (χ1) is 21.7. The van der Waals surface area contributed by atoms with Gasteiger partial charge in [-0.05, 0) is 103 Å². The fraction of sp³-hybridized carbons (Fsp3) is 0.333. The summed E-state index contributed by atoms with van der Waals surface area (Å²) in [6, 6.07) is 30.5. The van der Waals surface area contributed by atoms with Crippen LogP contribution in [0.5, 0.6) is 0 Å². The van der Waals surface area contributed by atoms with E-state index in [0.29, 0.717) is 0 Å². The van der Waals surface area contributed by atoms with Crippen molar-refractivity contribution in [2.45, 2.75) is 59.7 Å². The average Bonchev–Trinajstić information content (AvgIpc) is 3.04. The molecule has 0 spiro atoms. The van der Waals surface area contributed by atoms with Crippen molar-refractivity contribution in [3.05, 3.63) is 139 Å². The molecule has 3 unspecified atom stereocenters. The maximum Gasteiger partial charge on any atom is 0.0648 e. The van der Waals surface area contributed by atoms with Crippen LogP contribution >= 0.6 is 0 Å². The van der Waals surface area contributed by atoms with Gasteiger partial charge in [-0.15, -0.1) is 0 Å². The summed E-state index contributed by atoms with van der Waals surface area (Å²) in [5, 5.41) is 12.0. The third-order valence-electron chi connectivity index (χ3n) is 8.11. The molecule has 0 fully saturated rings. The van der Waals surface area contributed by atoms with E-state index in [9.17, 15) is 0 Å². The highest BCUT2D eigenvalue weighted by Crippen LogP contribution is 2.36. The topological polar surface area (TPSA) is 146 Å². The molecule has 4 rings (SSSR count). The van der Waals surface area contributed by atoms with Crippen LogP contribution in [0.3, 0.4) is 0 Å². The van der Waals surface area contributed by atoms with Crippen molar-refractivity contribution in [1.82, 2.24) is 0 Å².